The summed E-state index contributed by atoms with van der Waals surface area (Å²) in [5.41, 5.74) is 0.0171. The number of carbonyl (C=O) groups excluding carboxylic acids is 1. The molecule has 0 aliphatic rings. The van der Waals surface area contributed by atoms with Gasteiger partial charge in [0.1, 0.15) is 0 Å². The molecule has 116 valence electrons. The number of halogens is 5. The Bertz CT molecular complexity index is 729. The van der Waals surface area contributed by atoms with Gasteiger partial charge in [0, 0.05) is 5.69 Å². The van der Waals surface area contributed by atoms with Crippen LogP contribution in [0.3, 0.4) is 0 Å². The summed E-state index contributed by atoms with van der Waals surface area (Å²) in [7, 11) is 0. The van der Waals surface area contributed by atoms with Crippen molar-refractivity contribution in [2.75, 3.05) is 5.32 Å². The zero-order valence-electron chi connectivity index (χ0n) is 11.3. The molecule has 2 rings (SSSR count). The predicted molar refractivity (Wildman–Crippen MR) is 80.6 cm³/mol. The summed E-state index contributed by atoms with van der Waals surface area (Å²) in [5, 5.41) is 2.17. The third-order valence-electron chi connectivity index (χ3n) is 2.90. The summed E-state index contributed by atoms with van der Waals surface area (Å²) in [6.45, 7) is 1.81. The highest BCUT2D eigenvalue weighted by atomic mass is 35.5. The summed E-state index contributed by atoms with van der Waals surface area (Å²) in [5.74, 6) is -0.597. The Kier molecular flexibility index (Phi) is 4.68. The van der Waals surface area contributed by atoms with Crippen LogP contribution in [0.2, 0.25) is 10.0 Å². The van der Waals surface area contributed by atoms with Crippen molar-refractivity contribution in [3.63, 3.8) is 0 Å². The lowest BCUT2D eigenvalue weighted by atomic mass is 10.1. The van der Waals surface area contributed by atoms with Gasteiger partial charge in [-0.2, -0.15) is 13.2 Å². The van der Waals surface area contributed by atoms with Crippen molar-refractivity contribution < 1.29 is 18.0 Å². The van der Waals surface area contributed by atoms with Crippen LogP contribution in [0.5, 0.6) is 0 Å². The number of hydrogen-bond acceptors (Lipinski definition) is 1. The van der Waals surface area contributed by atoms with Crippen LogP contribution in [-0.4, -0.2) is 5.91 Å². The maximum Gasteiger partial charge on any atom is 0.417 e. The molecule has 2 nitrogen and oxygen atoms in total. The van der Waals surface area contributed by atoms with Gasteiger partial charge in [-0.05, 0) is 42.8 Å². The second kappa shape index (κ2) is 6.18. The topological polar surface area (TPSA) is 29.1 Å². The predicted octanol–water partition coefficient (Wildman–Crippen LogP) is 5.57. The number of amides is 1. The Morgan fingerprint density at radius 3 is 2.32 bits per heavy atom. The Balaban J connectivity index is 2.29. The number of anilines is 1. The number of aryl methyl sites for hydroxylation is 1. The van der Waals surface area contributed by atoms with Gasteiger partial charge in [0.2, 0.25) is 0 Å². The number of hydrogen-bond donors (Lipinski definition) is 1. The second-order valence-corrected chi connectivity index (χ2v) is 5.44. The van der Waals surface area contributed by atoms with Crippen molar-refractivity contribution in [2.24, 2.45) is 0 Å². The molecule has 2 aromatic carbocycles. The first-order chi connectivity index (χ1) is 10.2. The highest BCUT2D eigenvalue weighted by Gasteiger charge is 2.33. The molecule has 0 radical (unpaired) electrons. The van der Waals surface area contributed by atoms with Crippen LogP contribution in [0.15, 0.2) is 36.4 Å². The molecule has 1 N–H and O–H groups in total. The standard InChI is InChI=1S/C15H10Cl2F3NO/c1-8-2-4-10(13(17)6-8)14(22)21-9-3-5-12(16)11(7-9)15(18,19)20/h2-7H,1H3,(H,21,22). The molecule has 7 heteroatoms. The molecule has 0 saturated carbocycles. The highest BCUT2D eigenvalue weighted by molar-refractivity contribution is 6.34. The van der Waals surface area contributed by atoms with Gasteiger partial charge in [0.25, 0.3) is 5.91 Å². The summed E-state index contributed by atoms with van der Waals surface area (Å²) in [6.07, 6.45) is -4.60. The van der Waals surface area contributed by atoms with Gasteiger partial charge in [-0.15, -0.1) is 0 Å². The van der Waals surface area contributed by atoms with E-state index in [1.54, 1.807) is 12.1 Å². The third kappa shape index (κ3) is 3.72. The van der Waals surface area contributed by atoms with Crippen LogP contribution in [0, 0.1) is 6.92 Å². The third-order valence-corrected chi connectivity index (χ3v) is 3.54. The fourth-order valence-corrected chi connectivity index (χ4v) is 2.37. The van der Waals surface area contributed by atoms with Gasteiger partial charge in [-0.25, -0.2) is 0 Å². The van der Waals surface area contributed by atoms with E-state index < -0.39 is 22.7 Å². The summed E-state index contributed by atoms with van der Waals surface area (Å²) in [6, 6.07) is 7.94. The first-order valence-electron chi connectivity index (χ1n) is 6.13. The van der Waals surface area contributed by atoms with E-state index in [9.17, 15) is 18.0 Å². The van der Waals surface area contributed by atoms with Gasteiger partial charge < -0.3 is 5.32 Å². The van der Waals surface area contributed by atoms with E-state index >= 15 is 0 Å². The monoisotopic (exact) mass is 347 g/mol. The molecule has 1 amide bonds. The van der Waals surface area contributed by atoms with Crippen LogP contribution in [0.1, 0.15) is 21.5 Å². The van der Waals surface area contributed by atoms with Crippen LogP contribution in [0.4, 0.5) is 18.9 Å². The average molecular weight is 348 g/mol. The van der Waals surface area contributed by atoms with Crippen molar-refractivity contribution in [1.29, 1.82) is 0 Å². The molecule has 0 fully saturated rings. The molecule has 0 aromatic heterocycles. The van der Waals surface area contributed by atoms with E-state index in [2.05, 4.69) is 5.32 Å². The molecule has 0 saturated heterocycles. The van der Waals surface area contributed by atoms with Crippen LogP contribution < -0.4 is 5.32 Å². The van der Waals surface area contributed by atoms with Gasteiger partial charge in [0.05, 0.1) is 21.2 Å². The molecule has 22 heavy (non-hydrogen) atoms. The molecule has 0 heterocycles. The Morgan fingerprint density at radius 1 is 1.05 bits per heavy atom. The molecule has 2 aromatic rings. The zero-order chi connectivity index (χ0) is 16.5. The molecule has 0 bridgehead atoms. The van der Waals surface area contributed by atoms with Crippen molar-refractivity contribution in [2.45, 2.75) is 13.1 Å². The summed E-state index contributed by atoms with van der Waals surface area (Å²) >= 11 is 11.5. The average Bonchev–Trinajstić information content (AvgIpc) is 2.39. The number of nitrogens with one attached hydrogen (secondary N) is 1. The summed E-state index contributed by atoms with van der Waals surface area (Å²) in [4.78, 5) is 12.1. The largest absolute Gasteiger partial charge is 0.417 e. The molecule has 0 aliphatic carbocycles. The van der Waals surface area contributed by atoms with Gasteiger partial charge in [0.15, 0.2) is 0 Å². The second-order valence-electron chi connectivity index (χ2n) is 4.63. The number of rotatable bonds is 2. The van der Waals surface area contributed by atoms with E-state index in [-0.39, 0.29) is 16.3 Å². The van der Waals surface area contributed by atoms with E-state index in [0.717, 1.165) is 17.7 Å². The van der Waals surface area contributed by atoms with Gasteiger partial charge in [-0.3, -0.25) is 4.79 Å². The van der Waals surface area contributed by atoms with Crippen LogP contribution in [-0.2, 0) is 6.18 Å². The molecule has 0 unspecified atom stereocenters. The number of alkyl halides is 3. The van der Waals surface area contributed by atoms with E-state index in [4.69, 9.17) is 23.2 Å². The number of benzene rings is 2. The smallest absolute Gasteiger partial charge is 0.322 e. The van der Waals surface area contributed by atoms with Crippen molar-refractivity contribution in [3.8, 4) is 0 Å². The quantitative estimate of drug-likeness (QED) is 0.755. The van der Waals surface area contributed by atoms with E-state index in [1.807, 2.05) is 6.92 Å². The SMILES string of the molecule is Cc1ccc(C(=O)Nc2ccc(Cl)c(C(F)(F)F)c2)c(Cl)c1. The fourth-order valence-electron chi connectivity index (χ4n) is 1.82. The number of carbonyl (C=O) groups is 1. The molecule has 0 atom stereocenters. The molecule has 0 spiro atoms. The first kappa shape index (κ1) is 16.6. The van der Waals surface area contributed by atoms with E-state index in [0.29, 0.717) is 0 Å². The lowest BCUT2D eigenvalue weighted by Crippen LogP contribution is -2.14. The van der Waals surface area contributed by atoms with Crippen LogP contribution in [0.25, 0.3) is 0 Å². The minimum absolute atomic E-state index is 0.0154. The lowest BCUT2D eigenvalue weighted by molar-refractivity contribution is -0.137. The Hall–Kier alpha value is -1.72. The zero-order valence-corrected chi connectivity index (χ0v) is 12.8. The van der Waals surface area contributed by atoms with Crippen LogP contribution >= 0.6 is 23.2 Å². The molecular weight excluding hydrogens is 338 g/mol. The minimum Gasteiger partial charge on any atom is -0.322 e. The molecular formula is C15H10Cl2F3NO. The molecule has 0 aliphatic heterocycles. The lowest BCUT2D eigenvalue weighted by Gasteiger charge is -2.12. The van der Waals surface area contributed by atoms with Gasteiger partial charge >= 0.3 is 6.18 Å². The summed E-state index contributed by atoms with van der Waals surface area (Å²) < 4.78 is 38.3. The Labute approximate surface area is 134 Å². The highest BCUT2D eigenvalue weighted by Crippen LogP contribution is 2.36. The first-order valence-corrected chi connectivity index (χ1v) is 6.88. The minimum atomic E-state index is -4.60. The van der Waals surface area contributed by atoms with Crippen molar-refractivity contribution >= 4 is 34.8 Å². The normalized spacial score (nSPS) is 11.4. The van der Waals surface area contributed by atoms with Gasteiger partial charge in [-0.1, -0.05) is 29.3 Å². The fraction of sp³-hybridized carbons (Fsp3) is 0.133. The van der Waals surface area contributed by atoms with Crippen molar-refractivity contribution in [1.82, 2.24) is 0 Å². The Morgan fingerprint density at radius 2 is 1.73 bits per heavy atom. The maximum atomic E-state index is 12.8. The van der Waals surface area contributed by atoms with E-state index in [1.165, 1.54) is 12.1 Å². The van der Waals surface area contributed by atoms with Crippen molar-refractivity contribution in [3.05, 3.63) is 63.1 Å². The maximum absolute atomic E-state index is 12.8.